The normalized spacial score (nSPS) is 19.0. The highest BCUT2D eigenvalue weighted by Crippen LogP contribution is 2.20. The predicted molar refractivity (Wildman–Crippen MR) is 231 cm³/mol. The van der Waals surface area contributed by atoms with Crippen LogP contribution >= 0.6 is 25.3 Å². The van der Waals surface area contributed by atoms with Crippen molar-refractivity contribution in [2.45, 2.75) is 139 Å². The highest BCUT2D eigenvalue weighted by molar-refractivity contribution is 7.80. The topological polar surface area (TPSA) is 394 Å². The molecule has 0 bridgehead atoms. The quantitative estimate of drug-likeness (QED) is 0.0269. The Balaban J connectivity index is 3.21. The molecule has 0 saturated carbocycles. The molecule has 0 aromatic heterocycles. The molecule has 24 nitrogen and oxygen atoms in total. The molecule has 0 unspecified atom stereocenters. The lowest BCUT2D eigenvalue weighted by atomic mass is 10.0. The van der Waals surface area contributed by atoms with Gasteiger partial charge in [0.25, 0.3) is 0 Å². The Morgan fingerprint density at radius 3 is 1.57 bits per heavy atom. The monoisotopic (exact) mass is 938 g/mol. The molecular formula is C37H66N10O14S2. The number of carbonyl (C=O) groups is 9. The molecule has 1 aliphatic heterocycles. The van der Waals surface area contributed by atoms with E-state index in [1.54, 1.807) is 0 Å². The smallest absolute Gasteiger partial charge is 0.327 e. The lowest BCUT2D eigenvalue weighted by Crippen LogP contribution is -2.63. The SMILES string of the molecule is CC(C)[C@H](NC(=O)[C@H](CO)NC(=O)[C@@H](NC(=O)[C@H](CCCCN)NC(=O)[C@@H]1CCCN1C(=O)[C@@H](NC(=O)[C@@H](N)CS)[C@@H](C)O)[C@@H](C)O)C(=O)N[C@H](C(=O)N[C@@H](CS)C(=O)O)[C@@H](C)O. The van der Waals surface area contributed by atoms with Gasteiger partial charge in [-0.05, 0) is 65.3 Å². The van der Waals surface area contributed by atoms with Crippen molar-refractivity contribution >= 4 is 78.5 Å². The van der Waals surface area contributed by atoms with Gasteiger partial charge < -0.3 is 79.1 Å². The summed E-state index contributed by atoms with van der Waals surface area (Å²) < 4.78 is 0. The second-order valence-electron chi connectivity index (χ2n) is 15.6. The number of thiol groups is 2. The number of hydrogen-bond donors (Lipinski definition) is 16. The van der Waals surface area contributed by atoms with Crippen LogP contribution < -0.4 is 48.7 Å². The molecule has 1 aliphatic rings. The van der Waals surface area contributed by atoms with Gasteiger partial charge in [-0.1, -0.05) is 13.8 Å². The van der Waals surface area contributed by atoms with Crippen LogP contribution in [-0.4, -0.2) is 188 Å². The van der Waals surface area contributed by atoms with Crippen LogP contribution in [0.15, 0.2) is 0 Å². The first-order valence-electron chi connectivity index (χ1n) is 20.5. The van der Waals surface area contributed by atoms with Gasteiger partial charge in [0, 0.05) is 18.1 Å². The Labute approximate surface area is 376 Å². The van der Waals surface area contributed by atoms with Crippen molar-refractivity contribution in [3.8, 4) is 0 Å². The molecule has 1 saturated heterocycles. The second-order valence-corrected chi connectivity index (χ2v) is 16.3. The summed E-state index contributed by atoms with van der Waals surface area (Å²) in [7, 11) is 0. The van der Waals surface area contributed by atoms with Crippen molar-refractivity contribution in [3.05, 3.63) is 0 Å². The maximum atomic E-state index is 13.7. The zero-order chi connectivity index (χ0) is 48.3. The van der Waals surface area contributed by atoms with Gasteiger partial charge in [-0.15, -0.1) is 0 Å². The molecule has 8 amide bonds. The number of nitrogens with two attached hydrogens (primary N) is 2. The van der Waals surface area contributed by atoms with E-state index >= 15 is 0 Å². The minimum absolute atomic E-state index is 0.00913. The minimum atomic E-state index is -1.78. The van der Waals surface area contributed by atoms with E-state index in [2.05, 4.69) is 62.5 Å². The molecule has 26 heteroatoms. The lowest BCUT2D eigenvalue weighted by molar-refractivity contribution is -0.144. The third-order valence-electron chi connectivity index (χ3n) is 9.98. The van der Waals surface area contributed by atoms with Gasteiger partial charge in [0.05, 0.1) is 31.0 Å². The first-order valence-corrected chi connectivity index (χ1v) is 21.7. The van der Waals surface area contributed by atoms with Crippen LogP contribution in [0, 0.1) is 5.92 Å². The number of amides is 8. The van der Waals surface area contributed by atoms with Gasteiger partial charge in [-0.2, -0.15) is 25.3 Å². The fourth-order valence-corrected chi connectivity index (χ4v) is 6.66. The van der Waals surface area contributed by atoms with Crippen LogP contribution in [0.2, 0.25) is 0 Å². The average molecular weight is 939 g/mol. The summed E-state index contributed by atoms with van der Waals surface area (Å²) in [5.74, 6) is -10.0. The molecule has 12 atom stereocenters. The van der Waals surface area contributed by atoms with E-state index in [1.807, 2.05) is 0 Å². The fraction of sp³-hybridized carbons (Fsp3) is 0.757. The van der Waals surface area contributed by atoms with E-state index in [1.165, 1.54) is 20.8 Å². The highest BCUT2D eigenvalue weighted by Gasteiger charge is 2.41. The Hall–Kier alpha value is -4.31. The van der Waals surface area contributed by atoms with Crippen molar-refractivity contribution in [2.75, 3.05) is 31.2 Å². The Morgan fingerprint density at radius 2 is 1.11 bits per heavy atom. The third kappa shape index (κ3) is 17.6. The average Bonchev–Trinajstić information content (AvgIpc) is 3.72. The molecule has 1 fully saturated rings. The number of nitrogens with zero attached hydrogens (tertiary/aromatic N) is 1. The van der Waals surface area contributed by atoms with Gasteiger partial charge in [-0.25, -0.2) is 4.79 Å². The number of carbonyl (C=O) groups excluding carboxylic acids is 8. The molecular weight excluding hydrogens is 873 g/mol. The molecule has 0 aliphatic carbocycles. The van der Waals surface area contributed by atoms with Crippen LogP contribution in [0.3, 0.4) is 0 Å². The molecule has 360 valence electrons. The lowest BCUT2D eigenvalue weighted by Gasteiger charge is -2.31. The van der Waals surface area contributed by atoms with Crippen LogP contribution in [0.5, 0.6) is 0 Å². The molecule has 1 rings (SSSR count). The Bertz CT molecular complexity index is 1590. The number of hydrogen-bond acceptors (Lipinski definition) is 17. The maximum Gasteiger partial charge on any atom is 0.327 e. The fourth-order valence-electron chi connectivity index (χ4n) is 6.24. The Kier molecular flexibility index (Phi) is 25.0. The first-order chi connectivity index (χ1) is 29.5. The summed E-state index contributed by atoms with van der Waals surface area (Å²) in [4.78, 5) is 119. The van der Waals surface area contributed by atoms with Crippen molar-refractivity contribution < 1.29 is 68.7 Å². The van der Waals surface area contributed by atoms with E-state index < -0.39 is 138 Å². The number of likely N-dealkylation sites (tertiary alicyclic amines) is 1. The van der Waals surface area contributed by atoms with Crippen molar-refractivity contribution in [1.82, 2.24) is 42.1 Å². The second kappa shape index (κ2) is 27.8. The first kappa shape index (κ1) is 56.7. The molecule has 0 radical (unpaired) electrons. The molecule has 63 heavy (non-hydrogen) atoms. The van der Waals surface area contributed by atoms with Crippen molar-refractivity contribution in [3.63, 3.8) is 0 Å². The van der Waals surface area contributed by atoms with E-state index in [-0.39, 0.29) is 37.4 Å². The molecule has 16 N–H and O–H groups in total. The van der Waals surface area contributed by atoms with Gasteiger partial charge in [0.2, 0.25) is 47.3 Å². The third-order valence-corrected chi connectivity index (χ3v) is 10.7. The summed E-state index contributed by atoms with van der Waals surface area (Å²) in [5, 5.41) is 66.8. The highest BCUT2D eigenvalue weighted by atomic mass is 32.1. The Morgan fingerprint density at radius 1 is 0.635 bits per heavy atom. The maximum absolute atomic E-state index is 13.7. The molecule has 0 aromatic rings. The van der Waals surface area contributed by atoms with Crippen molar-refractivity contribution in [2.24, 2.45) is 17.4 Å². The van der Waals surface area contributed by atoms with Gasteiger partial charge >= 0.3 is 5.97 Å². The van der Waals surface area contributed by atoms with Crippen LogP contribution in [-0.2, 0) is 43.2 Å². The van der Waals surface area contributed by atoms with E-state index in [9.17, 15) is 68.7 Å². The minimum Gasteiger partial charge on any atom is -0.480 e. The van der Waals surface area contributed by atoms with Crippen LogP contribution in [0.1, 0.15) is 66.7 Å². The van der Waals surface area contributed by atoms with E-state index in [0.29, 0.717) is 19.3 Å². The van der Waals surface area contributed by atoms with Crippen LogP contribution in [0.25, 0.3) is 0 Å². The summed E-state index contributed by atoms with van der Waals surface area (Å²) in [6, 6.07) is -13.1. The van der Waals surface area contributed by atoms with E-state index in [4.69, 9.17) is 11.5 Å². The molecule has 0 aromatic carbocycles. The number of rotatable bonds is 27. The summed E-state index contributed by atoms with van der Waals surface area (Å²) >= 11 is 7.84. The van der Waals surface area contributed by atoms with E-state index in [0.717, 1.165) is 18.7 Å². The molecule has 1 heterocycles. The van der Waals surface area contributed by atoms with Gasteiger partial charge in [0.15, 0.2) is 0 Å². The van der Waals surface area contributed by atoms with Gasteiger partial charge in [0.1, 0.15) is 48.3 Å². The number of aliphatic carboxylic acids is 1. The number of aliphatic hydroxyl groups is 4. The number of nitrogens with one attached hydrogen (secondary N) is 7. The standard InChI is InChI=1S/C37H66N10O14S2/c1-16(2)25(33(56)45-27(18(4)50)35(58)42-23(15-63)37(60)61)43-31(54)22(13-48)41-34(57)26(17(3)49)44-30(53)21(9-6-7-11-38)40-32(55)24-10-8-12-47(24)36(59)28(19(5)51)46-29(52)20(39)14-62/h16-28,48-51,62-63H,6-15,38-39H2,1-5H3,(H,40,55)(H,41,57)(H,42,58)(H,43,54)(H,44,53)(H,45,56)(H,46,52)(H,60,61)/t17-,18-,19-,20+,21+,22+,23+,24+,25+,26+,27+,28+/m1/s1. The molecule has 0 spiro atoms. The number of carboxylic acid groups (broad SMARTS) is 1. The summed E-state index contributed by atoms with van der Waals surface area (Å²) in [5.41, 5.74) is 11.3. The largest absolute Gasteiger partial charge is 0.480 e. The van der Waals surface area contributed by atoms with Crippen molar-refractivity contribution in [1.29, 1.82) is 0 Å². The summed E-state index contributed by atoms with van der Waals surface area (Å²) in [6.45, 7) is 5.86. The number of carboxylic acids is 1. The predicted octanol–water partition coefficient (Wildman–Crippen LogP) is -6.44. The number of unbranched alkanes of at least 4 members (excludes halogenated alkanes) is 1. The zero-order valence-electron chi connectivity index (χ0n) is 36.0. The number of aliphatic hydroxyl groups excluding tert-OH is 4. The van der Waals surface area contributed by atoms with Crippen LogP contribution in [0.4, 0.5) is 0 Å². The summed E-state index contributed by atoms with van der Waals surface area (Å²) in [6.07, 6.45) is -3.28. The zero-order valence-corrected chi connectivity index (χ0v) is 37.8. The van der Waals surface area contributed by atoms with Gasteiger partial charge in [-0.3, -0.25) is 38.4 Å².